The maximum atomic E-state index is 12.3. The van der Waals surface area contributed by atoms with Crippen molar-refractivity contribution in [1.82, 2.24) is 14.7 Å². The highest BCUT2D eigenvalue weighted by molar-refractivity contribution is 5.90. The Labute approximate surface area is 147 Å². The van der Waals surface area contributed by atoms with Gasteiger partial charge in [-0.15, -0.1) is 0 Å². The molecule has 8 nitrogen and oxygen atoms in total. The molecule has 1 amide bonds. The van der Waals surface area contributed by atoms with Crippen LogP contribution in [0.25, 0.3) is 0 Å². The van der Waals surface area contributed by atoms with E-state index in [1.165, 1.54) is 7.11 Å². The lowest BCUT2D eigenvalue weighted by Gasteiger charge is -2.24. The third kappa shape index (κ3) is 3.57. The summed E-state index contributed by atoms with van der Waals surface area (Å²) < 4.78 is 12.0. The zero-order valence-corrected chi connectivity index (χ0v) is 15.2. The molecule has 8 heteroatoms. The summed E-state index contributed by atoms with van der Waals surface area (Å²) in [6.45, 7) is 6.54. The second-order valence-corrected chi connectivity index (χ2v) is 7.73. The number of aromatic nitrogens is 2. The van der Waals surface area contributed by atoms with E-state index in [2.05, 4.69) is 5.10 Å². The third-order valence-corrected chi connectivity index (χ3v) is 4.51. The van der Waals surface area contributed by atoms with E-state index in [1.54, 1.807) is 9.58 Å². The number of hydrogen-bond acceptors (Lipinski definition) is 6. The molecule has 0 bridgehead atoms. The Balaban J connectivity index is 1.82. The molecule has 1 saturated carbocycles. The normalized spacial score (nSPS) is 20.6. The quantitative estimate of drug-likeness (QED) is 0.840. The number of anilines is 1. The molecule has 1 unspecified atom stereocenters. The second kappa shape index (κ2) is 6.24. The fraction of sp³-hybridized carbons (Fsp3) is 0.706. The summed E-state index contributed by atoms with van der Waals surface area (Å²) in [7, 11) is 1.33. The van der Waals surface area contributed by atoms with Crippen molar-refractivity contribution in [3.63, 3.8) is 0 Å². The zero-order chi connectivity index (χ0) is 18.4. The topological polar surface area (TPSA) is 99.7 Å². The van der Waals surface area contributed by atoms with Gasteiger partial charge in [-0.1, -0.05) is 0 Å². The zero-order valence-electron chi connectivity index (χ0n) is 15.2. The lowest BCUT2D eigenvalue weighted by Crippen LogP contribution is -2.35. The van der Waals surface area contributed by atoms with Crippen molar-refractivity contribution in [2.24, 2.45) is 0 Å². The van der Waals surface area contributed by atoms with Gasteiger partial charge in [0.15, 0.2) is 5.69 Å². The van der Waals surface area contributed by atoms with Crippen molar-refractivity contribution in [2.75, 3.05) is 25.9 Å². The number of esters is 1. The van der Waals surface area contributed by atoms with Gasteiger partial charge < -0.3 is 20.1 Å². The number of carbonyl (C=O) groups is 2. The average molecular weight is 350 g/mol. The number of nitrogens with zero attached hydrogens (tertiary/aromatic N) is 3. The number of nitrogen functional groups attached to an aromatic ring is 1. The van der Waals surface area contributed by atoms with E-state index >= 15 is 0 Å². The molecule has 2 N–H and O–H groups in total. The predicted octanol–water partition coefficient (Wildman–Crippen LogP) is 2.31. The summed E-state index contributed by atoms with van der Waals surface area (Å²) in [6, 6.07) is 0.264. The Morgan fingerprint density at radius 2 is 1.92 bits per heavy atom. The number of hydrogen-bond donors (Lipinski definition) is 1. The molecule has 1 atom stereocenters. The fourth-order valence-corrected chi connectivity index (χ4v) is 3.20. The van der Waals surface area contributed by atoms with Crippen LogP contribution in [0.3, 0.4) is 0 Å². The van der Waals surface area contributed by atoms with Gasteiger partial charge in [0.2, 0.25) is 0 Å². The smallest absolute Gasteiger partial charge is 0.410 e. The maximum Gasteiger partial charge on any atom is 0.410 e. The van der Waals surface area contributed by atoms with Gasteiger partial charge in [-0.2, -0.15) is 5.10 Å². The minimum atomic E-state index is -0.539. The van der Waals surface area contributed by atoms with E-state index in [-0.39, 0.29) is 23.7 Å². The number of carbonyl (C=O) groups excluding carboxylic acids is 2. The fourth-order valence-electron chi connectivity index (χ4n) is 3.20. The van der Waals surface area contributed by atoms with Gasteiger partial charge in [0.25, 0.3) is 0 Å². The van der Waals surface area contributed by atoms with Crippen LogP contribution in [0, 0.1) is 0 Å². The summed E-state index contributed by atoms with van der Waals surface area (Å²) in [4.78, 5) is 26.1. The summed E-state index contributed by atoms with van der Waals surface area (Å²) in [5.74, 6) is -0.0233. The van der Waals surface area contributed by atoms with E-state index in [9.17, 15) is 9.59 Å². The third-order valence-electron chi connectivity index (χ3n) is 4.51. The first-order valence-corrected chi connectivity index (χ1v) is 8.65. The molecule has 1 aliphatic heterocycles. The maximum absolute atomic E-state index is 12.3. The Bertz CT molecular complexity index is 688. The van der Waals surface area contributed by atoms with Gasteiger partial charge >= 0.3 is 12.1 Å². The van der Waals surface area contributed by atoms with Crippen LogP contribution in [0.1, 0.15) is 68.0 Å². The molecule has 1 aromatic heterocycles. The SMILES string of the molecule is COC(=O)c1nn(C2CC2)c(N)c1C1CCN(C(=O)OC(C)(C)C)C1. The molecule has 2 fully saturated rings. The summed E-state index contributed by atoms with van der Waals surface area (Å²) in [5.41, 5.74) is 6.72. The van der Waals surface area contributed by atoms with Crippen molar-refractivity contribution >= 4 is 17.9 Å². The summed E-state index contributed by atoms with van der Waals surface area (Å²) >= 11 is 0. The van der Waals surface area contributed by atoms with Crippen LogP contribution in [-0.2, 0) is 9.47 Å². The van der Waals surface area contributed by atoms with Gasteiger partial charge in [-0.3, -0.25) is 0 Å². The molecular weight excluding hydrogens is 324 g/mol. The highest BCUT2D eigenvalue weighted by Gasteiger charge is 2.38. The van der Waals surface area contributed by atoms with Gasteiger partial charge in [0.1, 0.15) is 11.4 Å². The predicted molar refractivity (Wildman–Crippen MR) is 91.4 cm³/mol. The largest absolute Gasteiger partial charge is 0.464 e. The molecule has 0 spiro atoms. The minimum Gasteiger partial charge on any atom is -0.464 e. The number of likely N-dealkylation sites (tertiary alicyclic amines) is 1. The molecule has 0 aromatic carbocycles. The van der Waals surface area contributed by atoms with Gasteiger partial charge in [-0.05, 0) is 40.0 Å². The highest BCUT2D eigenvalue weighted by Crippen LogP contribution is 2.41. The molecule has 3 rings (SSSR count). The molecule has 0 radical (unpaired) electrons. The lowest BCUT2D eigenvalue weighted by atomic mass is 9.98. The first-order chi connectivity index (χ1) is 11.7. The number of nitrogens with two attached hydrogens (primary N) is 1. The van der Waals surface area contributed by atoms with Crippen molar-refractivity contribution in [1.29, 1.82) is 0 Å². The van der Waals surface area contributed by atoms with E-state index in [0.717, 1.165) is 12.8 Å². The van der Waals surface area contributed by atoms with Gasteiger partial charge in [-0.25, -0.2) is 14.3 Å². The molecule has 2 aliphatic rings. The van der Waals surface area contributed by atoms with E-state index in [0.29, 0.717) is 30.9 Å². The van der Waals surface area contributed by atoms with Gasteiger partial charge in [0.05, 0.1) is 13.2 Å². The van der Waals surface area contributed by atoms with Crippen molar-refractivity contribution in [3.05, 3.63) is 11.3 Å². The van der Waals surface area contributed by atoms with E-state index < -0.39 is 11.6 Å². The number of ether oxygens (including phenoxy) is 2. The molecule has 1 aliphatic carbocycles. The first-order valence-electron chi connectivity index (χ1n) is 8.65. The van der Waals surface area contributed by atoms with Crippen molar-refractivity contribution in [3.8, 4) is 0 Å². The lowest BCUT2D eigenvalue weighted by molar-refractivity contribution is 0.0292. The minimum absolute atomic E-state index is 0.0471. The van der Waals surface area contributed by atoms with Crippen LogP contribution in [0.2, 0.25) is 0 Å². The number of rotatable bonds is 3. The van der Waals surface area contributed by atoms with E-state index in [1.807, 2.05) is 20.8 Å². The Hall–Kier alpha value is -2.25. The van der Waals surface area contributed by atoms with Crippen LogP contribution in [0.4, 0.5) is 10.6 Å². The standard InChI is InChI=1S/C17H26N4O4/c1-17(2,3)25-16(23)20-8-7-10(9-20)12-13(15(22)24-4)19-21(14(12)18)11-5-6-11/h10-11H,5-9,18H2,1-4H3. The molecule has 1 saturated heterocycles. The number of amides is 1. The Kier molecular flexibility index (Phi) is 4.38. The van der Waals surface area contributed by atoms with Crippen LogP contribution >= 0.6 is 0 Å². The highest BCUT2D eigenvalue weighted by atomic mass is 16.6. The van der Waals surface area contributed by atoms with Crippen molar-refractivity contribution in [2.45, 2.75) is 57.6 Å². The Morgan fingerprint density at radius 3 is 2.48 bits per heavy atom. The van der Waals surface area contributed by atoms with Crippen LogP contribution in [0.15, 0.2) is 0 Å². The first kappa shape index (κ1) is 17.6. The monoisotopic (exact) mass is 350 g/mol. The molecular formula is C17H26N4O4. The van der Waals surface area contributed by atoms with Crippen LogP contribution in [-0.4, -0.2) is 52.5 Å². The summed E-state index contributed by atoms with van der Waals surface area (Å²) in [6.07, 6.45) is 2.40. The molecule has 138 valence electrons. The second-order valence-electron chi connectivity index (χ2n) is 7.73. The van der Waals surface area contributed by atoms with Crippen LogP contribution < -0.4 is 5.73 Å². The molecule has 1 aromatic rings. The Morgan fingerprint density at radius 1 is 1.24 bits per heavy atom. The average Bonchev–Trinajstić information content (AvgIpc) is 3.14. The molecule has 2 heterocycles. The summed E-state index contributed by atoms with van der Waals surface area (Å²) in [5, 5.41) is 4.40. The number of methoxy groups -OCH3 is 1. The molecule has 25 heavy (non-hydrogen) atoms. The van der Waals surface area contributed by atoms with Crippen molar-refractivity contribution < 1.29 is 19.1 Å². The van der Waals surface area contributed by atoms with Crippen LogP contribution in [0.5, 0.6) is 0 Å². The van der Waals surface area contributed by atoms with E-state index in [4.69, 9.17) is 15.2 Å². The van der Waals surface area contributed by atoms with Gasteiger partial charge in [0, 0.05) is 24.6 Å².